The molecule has 0 bridgehead atoms. The van der Waals surface area contributed by atoms with E-state index in [-0.39, 0.29) is 23.3 Å². The van der Waals surface area contributed by atoms with Gasteiger partial charge in [0.2, 0.25) is 11.8 Å². The topological polar surface area (TPSA) is 86.8 Å². The molecule has 1 N–H and O–H groups in total. The molecule has 3 rings (SSSR count). The van der Waals surface area contributed by atoms with Gasteiger partial charge in [0.05, 0.1) is 10.6 Å². The Balaban J connectivity index is 1.99. The van der Waals surface area contributed by atoms with E-state index in [1.807, 2.05) is 52.0 Å². The van der Waals surface area contributed by atoms with Crippen molar-refractivity contribution in [3.63, 3.8) is 0 Å². The number of rotatable bonds is 11. The van der Waals surface area contributed by atoms with Gasteiger partial charge in [-0.15, -0.1) is 0 Å². The zero-order valence-corrected chi connectivity index (χ0v) is 23.5. The van der Waals surface area contributed by atoms with Gasteiger partial charge in [-0.2, -0.15) is 0 Å². The fourth-order valence-corrected chi connectivity index (χ4v) is 5.44. The molecule has 0 heterocycles. The minimum Gasteiger partial charge on any atom is -0.354 e. The van der Waals surface area contributed by atoms with E-state index in [1.54, 1.807) is 49.4 Å². The zero-order chi connectivity index (χ0) is 27.9. The highest BCUT2D eigenvalue weighted by Gasteiger charge is 2.32. The Labute approximate surface area is 226 Å². The maximum Gasteiger partial charge on any atom is 0.264 e. The van der Waals surface area contributed by atoms with Crippen molar-refractivity contribution in [3.05, 3.63) is 95.6 Å². The highest BCUT2D eigenvalue weighted by atomic mass is 32.2. The molecule has 0 spiro atoms. The third-order valence-corrected chi connectivity index (χ3v) is 8.01. The molecular formula is C30H37N3O4S. The van der Waals surface area contributed by atoms with Crippen LogP contribution in [0.4, 0.5) is 5.69 Å². The van der Waals surface area contributed by atoms with E-state index in [0.29, 0.717) is 12.2 Å². The molecule has 3 aromatic rings. The molecular weight excluding hydrogens is 498 g/mol. The fraction of sp³-hybridized carbons (Fsp3) is 0.333. The van der Waals surface area contributed by atoms with Gasteiger partial charge in [-0.25, -0.2) is 8.42 Å². The average molecular weight is 536 g/mol. The highest BCUT2D eigenvalue weighted by molar-refractivity contribution is 7.92. The average Bonchev–Trinajstić information content (AvgIpc) is 2.89. The Bertz CT molecular complexity index is 1340. The molecule has 202 valence electrons. The lowest BCUT2D eigenvalue weighted by Gasteiger charge is -2.32. The number of hydrogen-bond donors (Lipinski definition) is 1. The maximum absolute atomic E-state index is 13.9. The summed E-state index contributed by atoms with van der Waals surface area (Å²) >= 11 is 0. The number of carbonyl (C=O) groups is 2. The van der Waals surface area contributed by atoms with Gasteiger partial charge in [0.1, 0.15) is 12.6 Å². The molecule has 0 saturated heterocycles. The van der Waals surface area contributed by atoms with E-state index < -0.39 is 28.5 Å². The standard InChI is InChI=1S/C30H37N3O4S/c1-22(2)19-31-30(35)25(5)32(20-26-11-9-10-24(4)18-26)29(34)21-33(27-16-14-23(3)15-17-27)38(36,37)28-12-7-6-8-13-28/h6-18,22,25H,19-21H2,1-5H3,(H,31,35). The van der Waals surface area contributed by atoms with E-state index in [2.05, 4.69) is 5.32 Å². The summed E-state index contributed by atoms with van der Waals surface area (Å²) in [5.74, 6) is -0.508. The van der Waals surface area contributed by atoms with E-state index in [4.69, 9.17) is 0 Å². The Kier molecular flexibility index (Phi) is 9.69. The molecule has 0 saturated carbocycles. The van der Waals surface area contributed by atoms with E-state index in [9.17, 15) is 18.0 Å². The molecule has 7 nitrogen and oxygen atoms in total. The van der Waals surface area contributed by atoms with Gasteiger partial charge in [-0.3, -0.25) is 13.9 Å². The molecule has 8 heteroatoms. The predicted octanol–water partition coefficient (Wildman–Crippen LogP) is 4.69. The van der Waals surface area contributed by atoms with E-state index in [1.165, 1.54) is 17.0 Å². The molecule has 0 aliphatic rings. The first-order chi connectivity index (χ1) is 18.0. The van der Waals surface area contributed by atoms with Crippen LogP contribution in [0.1, 0.15) is 37.5 Å². The van der Waals surface area contributed by atoms with Crippen molar-refractivity contribution >= 4 is 27.5 Å². The van der Waals surface area contributed by atoms with Crippen molar-refractivity contribution in [1.29, 1.82) is 0 Å². The minimum absolute atomic E-state index is 0.0846. The first-order valence-electron chi connectivity index (χ1n) is 12.8. The number of benzene rings is 3. The Morgan fingerprint density at radius 2 is 1.50 bits per heavy atom. The molecule has 1 unspecified atom stereocenters. The third-order valence-electron chi connectivity index (χ3n) is 6.22. The predicted molar refractivity (Wildman–Crippen MR) is 151 cm³/mol. The van der Waals surface area contributed by atoms with Crippen molar-refractivity contribution in [2.24, 2.45) is 5.92 Å². The van der Waals surface area contributed by atoms with Crippen molar-refractivity contribution in [2.75, 3.05) is 17.4 Å². The number of anilines is 1. The van der Waals surface area contributed by atoms with Crippen LogP contribution in [0.2, 0.25) is 0 Å². The summed E-state index contributed by atoms with van der Waals surface area (Å²) in [5, 5.41) is 2.90. The van der Waals surface area contributed by atoms with Gasteiger partial charge in [0.25, 0.3) is 10.0 Å². The number of nitrogens with zero attached hydrogens (tertiary/aromatic N) is 2. The largest absolute Gasteiger partial charge is 0.354 e. The Morgan fingerprint density at radius 1 is 0.842 bits per heavy atom. The lowest BCUT2D eigenvalue weighted by Crippen LogP contribution is -2.51. The van der Waals surface area contributed by atoms with Crippen molar-refractivity contribution in [1.82, 2.24) is 10.2 Å². The van der Waals surface area contributed by atoms with Crippen LogP contribution in [0.3, 0.4) is 0 Å². The van der Waals surface area contributed by atoms with Gasteiger partial charge in [0, 0.05) is 13.1 Å². The van der Waals surface area contributed by atoms with Crippen LogP contribution in [-0.2, 0) is 26.2 Å². The summed E-state index contributed by atoms with van der Waals surface area (Å²) in [5.41, 5.74) is 3.23. The molecule has 0 aliphatic heterocycles. The molecule has 0 aromatic heterocycles. The first kappa shape index (κ1) is 28.9. The second kappa shape index (κ2) is 12.7. The smallest absolute Gasteiger partial charge is 0.264 e. The van der Waals surface area contributed by atoms with E-state index in [0.717, 1.165) is 21.0 Å². The molecule has 2 amide bonds. The second-order valence-corrected chi connectivity index (χ2v) is 11.8. The molecule has 0 fully saturated rings. The molecule has 1 atom stereocenters. The van der Waals surface area contributed by atoms with Crippen LogP contribution in [0.25, 0.3) is 0 Å². The number of nitrogens with one attached hydrogen (secondary N) is 1. The number of aryl methyl sites for hydroxylation is 2. The summed E-state index contributed by atoms with van der Waals surface area (Å²) in [7, 11) is -4.06. The van der Waals surface area contributed by atoms with Gasteiger partial charge < -0.3 is 10.2 Å². The Hall–Kier alpha value is -3.65. The fourth-order valence-electron chi connectivity index (χ4n) is 4.00. The van der Waals surface area contributed by atoms with Crippen LogP contribution >= 0.6 is 0 Å². The van der Waals surface area contributed by atoms with Crippen molar-refractivity contribution < 1.29 is 18.0 Å². The zero-order valence-electron chi connectivity index (χ0n) is 22.7. The van der Waals surface area contributed by atoms with Crippen LogP contribution in [0, 0.1) is 19.8 Å². The minimum atomic E-state index is -4.06. The lowest BCUT2D eigenvalue weighted by atomic mass is 10.1. The van der Waals surface area contributed by atoms with E-state index >= 15 is 0 Å². The summed E-state index contributed by atoms with van der Waals surface area (Å²) in [4.78, 5) is 28.4. The Morgan fingerprint density at radius 3 is 2.11 bits per heavy atom. The van der Waals surface area contributed by atoms with Gasteiger partial charge in [-0.05, 0) is 56.5 Å². The summed E-state index contributed by atoms with van der Waals surface area (Å²) in [6.45, 7) is 9.73. The number of hydrogen-bond acceptors (Lipinski definition) is 4. The van der Waals surface area contributed by atoms with Gasteiger partial charge in [-0.1, -0.05) is 79.6 Å². The highest BCUT2D eigenvalue weighted by Crippen LogP contribution is 2.25. The van der Waals surface area contributed by atoms with Crippen LogP contribution < -0.4 is 9.62 Å². The number of amides is 2. The monoisotopic (exact) mass is 535 g/mol. The quantitative estimate of drug-likeness (QED) is 0.386. The molecule has 3 aromatic carbocycles. The molecule has 0 radical (unpaired) electrons. The third kappa shape index (κ3) is 7.44. The van der Waals surface area contributed by atoms with Gasteiger partial charge >= 0.3 is 0 Å². The number of sulfonamides is 1. The molecule has 0 aliphatic carbocycles. The van der Waals surface area contributed by atoms with Gasteiger partial charge in [0.15, 0.2) is 0 Å². The summed E-state index contributed by atoms with van der Waals surface area (Å²) in [6, 6.07) is 21.9. The van der Waals surface area contributed by atoms with Crippen molar-refractivity contribution in [2.45, 2.75) is 52.1 Å². The lowest BCUT2D eigenvalue weighted by molar-refractivity contribution is -0.139. The normalized spacial score (nSPS) is 12.2. The first-order valence-corrected chi connectivity index (χ1v) is 14.2. The van der Waals surface area contributed by atoms with Crippen molar-refractivity contribution in [3.8, 4) is 0 Å². The molecule has 38 heavy (non-hydrogen) atoms. The number of carbonyl (C=O) groups excluding carboxylic acids is 2. The van der Waals surface area contributed by atoms with Crippen LogP contribution in [0.15, 0.2) is 83.8 Å². The second-order valence-electron chi connectivity index (χ2n) is 9.99. The summed E-state index contributed by atoms with van der Waals surface area (Å²) in [6.07, 6.45) is 0. The maximum atomic E-state index is 13.9. The van der Waals surface area contributed by atoms with Crippen LogP contribution in [0.5, 0.6) is 0 Å². The SMILES string of the molecule is Cc1ccc(N(CC(=O)N(Cc2cccc(C)c2)C(C)C(=O)NCC(C)C)S(=O)(=O)c2ccccc2)cc1. The van der Waals surface area contributed by atoms with Crippen LogP contribution in [-0.4, -0.2) is 44.3 Å². The summed E-state index contributed by atoms with van der Waals surface area (Å²) < 4.78 is 28.6.